The molecule has 0 saturated carbocycles. The lowest BCUT2D eigenvalue weighted by atomic mass is 10.1. The zero-order valence-corrected chi connectivity index (χ0v) is 9.95. The van der Waals surface area contributed by atoms with Gasteiger partial charge in [0.1, 0.15) is 0 Å². The van der Waals surface area contributed by atoms with E-state index < -0.39 is 0 Å². The van der Waals surface area contributed by atoms with Crippen molar-refractivity contribution in [3.8, 4) is 0 Å². The Labute approximate surface area is 106 Å². The van der Waals surface area contributed by atoms with Crippen LogP contribution in [0.15, 0.2) is 66.9 Å². The standard InChI is InChI=1S/C17H13N/c1-2-6-14(7-3-1)10-11-15-12-16-8-4-5-9-17(16)18-13-15/h1-13H/b11-10+. The van der Waals surface area contributed by atoms with Crippen molar-refractivity contribution in [2.24, 2.45) is 0 Å². The first-order chi connectivity index (χ1) is 8.92. The number of fused-ring (bicyclic) bond motifs is 1. The van der Waals surface area contributed by atoms with Crippen LogP contribution in [0.1, 0.15) is 11.1 Å². The molecule has 86 valence electrons. The summed E-state index contributed by atoms with van der Waals surface area (Å²) in [5.74, 6) is 0. The Hall–Kier alpha value is -2.41. The van der Waals surface area contributed by atoms with Crippen molar-refractivity contribution in [1.82, 2.24) is 4.98 Å². The van der Waals surface area contributed by atoms with Gasteiger partial charge in [0, 0.05) is 11.6 Å². The van der Waals surface area contributed by atoms with Crippen molar-refractivity contribution in [1.29, 1.82) is 0 Å². The monoisotopic (exact) mass is 231 g/mol. The molecule has 1 heteroatoms. The maximum Gasteiger partial charge on any atom is 0.0702 e. The summed E-state index contributed by atoms with van der Waals surface area (Å²) >= 11 is 0. The van der Waals surface area contributed by atoms with Crippen LogP contribution in [0.3, 0.4) is 0 Å². The van der Waals surface area contributed by atoms with Crippen LogP contribution in [-0.2, 0) is 0 Å². The third kappa shape index (κ3) is 2.30. The van der Waals surface area contributed by atoms with Gasteiger partial charge in [0.05, 0.1) is 5.52 Å². The predicted octanol–water partition coefficient (Wildman–Crippen LogP) is 4.41. The summed E-state index contributed by atoms with van der Waals surface area (Å²) in [5.41, 5.74) is 3.36. The lowest BCUT2D eigenvalue weighted by molar-refractivity contribution is 1.40. The number of benzene rings is 2. The first kappa shape index (κ1) is 10.7. The Bertz CT molecular complexity index is 684. The van der Waals surface area contributed by atoms with Crippen LogP contribution >= 0.6 is 0 Å². The lowest BCUT2D eigenvalue weighted by Gasteiger charge is -1.98. The van der Waals surface area contributed by atoms with Crippen molar-refractivity contribution >= 4 is 23.1 Å². The predicted molar refractivity (Wildman–Crippen MR) is 77.1 cm³/mol. The van der Waals surface area contributed by atoms with Crippen LogP contribution < -0.4 is 0 Å². The second kappa shape index (κ2) is 4.84. The van der Waals surface area contributed by atoms with Crippen LogP contribution in [0, 0.1) is 0 Å². The molecule has 0 aliphatic heterocycles. The van der Waals surface area contributed by atoms with Crippen molar-refractivity contribution in [3.63, 3.8) is 0 Å². The SMILES string of the molecule is C(=C\c1cnc2ccccc2c1)/c1ccccc1. The van der Waals surface area contributed by atoms with Gasteiger partial charge in [-0.3, -0.25) is 4.98 Å². The fraction of sp³-hybridized carbons (Fsp3) is 0. The van der Waals surface area contributed by atoms with Gasteiger partial charge in [-0.25, -0.2) is 0 Å². The first-order valence-electron chi connectivity index (χ1n) is 6.00. The van der Waals surface area contributed by atoms with E-state index >= 15 is 0 Å². The summed E-state index contributed by atoms with van der Waals surface area (Å²) in [6.07, 6.45) is 6.10. The van der Waals surface area contributed by atoms with E-state index in [4.69, 9.17) is 0 Å². The molecular weight excluding hydrogens is 218 g/mol. The van der Waals surface area contributed by atoms with Gasteiger partial charge in [-0.05, 0) is 23.3 Å². The van der Waals surface area contributed by atoms with Gasteiger partial charge in [0.25, 0.3) is 0 Å². The molecule has 1 aromatic heterocycles. The minimum Gasteiger partial charge on any atom is -0.256 e. The Morgan fingerprint density at radius 1 is 0.722 bits per heavy atom. The average molecular weight is 231 g/mol. The smallest absolute Gasteiger partial charge is 0.0702 e. The van der Waals surface area contributed by atoms with E-state index in [0.717, 1.165) is 11.1 Å². The third-order valence-electron chi connectivity index (χ3n) is 2.88. The van der Waals surface area contributed by atoms with Crippen molar-refractivity contribution in [3.05, 3.63) is 78.0 Å². The lowest BCUT2D eigenvalue weighted by Crippen LogP contribution is -1.80. The van der Waals surface area contributed by atoms with Crippen LogP contribution in [0.2, 0.25) is 0 Å². The molecule has 3 rings (SSSR count). The molecule has 1 heterocycles. The number of hydrogen-bond acceptors (Lipinski definition) is 1. The summed E-state index contributed by atoms with van der Waals surface area (Å²) in [6.45, 7) is 0. The second-order valence-corrected chi connectivity index (χ2v) is 4.21. The van der Waals surface area contributed by atoms with Crippen LogP contribution in [0.4, 0.5) is 0 Å². The summed E-state index contributed by atoms with van der Waals surface area (Å²) in [7, 11) is 0. The molecule has 3 aromatic rings. The van der Waals surface area contributed by atoms with Crippen molar-refractivity contribution in [2.75, 3.05) is 0 Å². The second-order valence-electron chi connectivity index (χ2n) is 4.21. The van der Waals surface area contributed by atoms with E-state index in [0.29, 0.717) is 0 Å². The molecular formula is C17H13N. The fourth-order valence-electron chi connectivity index (χ4n) is 1.94. The Morgan fingerprint density at radius 2 is 1.44 bits per heavy atom. The van der Waals surface area contributed by atoms with E-state index in [1.165, 1.54) is 10.9 Å². The molecule has 0 saturated heterocycles. The minimum absolute atomic E-state index is 1.04. The third-order valence-corrected chi connectivity index (χ3v) is 2.88. The van der Waals surface area contributed by atoms with E-state index in [1.54, 1.807) is 0 Å². The number of pyridine rings is 1. The molecule has 0 aliphatic carbocycles. The normalized spacial score (nSPS) is 11.1. The van der Waals surface area contributed by atoms with Gasteiger partial charge in [-0.1, -0.05) is 60.7 Å². The molecule has 18 heavy (non-hydrogen) atoms. The average Bonchev–Trinajstić information content (AvgIpc) is 2.46. The molecule has 0 radical (unpaired) electrons. The molecule has 1 nitrogen and oxygen atoms in total. The number of para-hydroxylation sites is 1. The molecule has 0 unspecified atom stereocenters. The Kier molecular flexibility index (Phi) is 2.89. The highest BCUT2D eigenvalue weighted by molar-refractivity contribution is 5.82. The van der Waals surface area contributed by atoms with Crippen LogP contribution in [0.25, 0.3) is 23.1 Å². The van der Waals surface area contributed by atoms with E-state index in [-0.39, 0.29) is 0 Å². The highest BCUT2D eigenvalue weighted by Crippen LogP contribution is 2.14. The number of hydrogen-bond donors (Lipinski definition) is 0. The highest BCUT2D eigenvalue weighted by atomic mass is 14.6. The van der Waals surface area contributed by atoms with E-state index in [1.807, 2.05) is 42.6 Å². The van der Waals surface area contributed by atoms with Gasteiger partial charge < -0.3 is 0 Å². The highest BCUT2D eigenvalue weighted by Gasteiger charge is 1.94. The molecule has 2 aromatic carbocycles. The van der Waals surface area contributed by atoms with Crippen LogP contribution in [-0.4, -0.2) is 4.98 Å². The number of nitrogens with zero attached hydrogens (tertiary/aromatic N) is 1. The van der Waals surface area contributed by atoms with Gasteiger partial charge in [0.15, 0.2) is 0 Å². The molecule has 0 bridgehead atoms. The maximum atomic E-state index is 4.44. The number of aromatic nitrogens is 1. The van der Waals surface area contributed by atoms with E-state index in [9.17, 15) is 0 Å². The molecule has 0 atom stereocenters. The van der Waals surface area contributed by atoms with Crippen molar-refractivity contribution < 1.29 is 0 Å². The van der Waals surface area contributed by atoms with Crippen molar-refractivity contribution in [2.45, 2.75) is 0 Å². The molecule has 0 fully saturated rings. The first-order valence-corrected chi connectivity index (χ1v) is 6.00. The molecule has 0 spiro atoms. The Morgan fingerprint density at radius 3 is 2.33 bits per heavy atom. The molecule has 0 amide bonds. The fourth-order valence-corrected chi connectivity index (χ4v) is 1.94. The summed E-state index contributed by atoms with van der Waals surface area (Å²) < 4.78 is 0. The molecule has 0 N–H and O–H groups in total. The topological polar surface area (TPSA) is 12.9 Å². The summed E-state index contributed by atoms with van der Waals surface area (Å²) in [6, 6.07) is 20.6. The minimum atomic E-state index is 1.04. The number of rotatable bonds is 2. The van der Waals surface area contributed by atoms with E-state index in [2.05, 4.69) is 41.4 Å². The van der Waals surface area contributed by atoms with Gasteiger partial charge >= 0.3 is 0 Å². The zero-order chi connectivity index (χ0) is 12.2. The van der Waals surface area contributed by atoms with Crippen LogP contribution in [0.5, 0.6) is 0 Å². The quantitative estimate of drug-likeness (QED) is 0.636. The molecule has 0 aliphatic rings. The largest absolute Gasteiger partial charge is 0.256 e. The zero-order valence-electron chi connectivity index (χ0n) is 9.95. The van der Waals surface area contributed by atoms with Gasteiger partial charge in [-0.2, -0.15) is 0 Å². The van der Waals surface area contributed by atoms with Gasteiger partial charge in [0.2, 0.25) is 0 Å². The summed E-state index contributed by atoms with van der Waals surface area (Å²) in [4.78, 5) is 4.44. The summed E-state index contributed by atoms with van der Waals surface area (Å²) in [5, 5.41) is 1.17. The maximum absolute atomic E-state index is 4.44. The van der Waals surface area contributed by atoms with Gasteiger partial charge in [-0.15, -0.1) is 0 Å². The Balaban J connectivity index is 1.93.